The van der Waals surface area contributed by atoms with Crippen LogP contribution in [0.25, 0.3) is 0 Å². The molecule has 0 aliphatic carbocycles. The number of hydrogen-bond donors (Lipinski definition) is 2. The maximum atomic E-state index is 13.1. The van der Waals surface area contributed by atoms with Crippen molar-refractivity contribution in [3.63, 3.8) is 0 Å². The fourth-order valence-corrected chi connectivity index (χ4v) is 2.06. The van der Waals surface area contributed by atoms with E-state index >= 15 is 0 Å². The Labute approximate surface area is 142 Å². The van der Waals surface area contributed by atoms with E-state index in [1.165, 1.54) is 6.07 Å². The van der Waals surface area contributed by atoms with Crippen LogP contribution >= 0.6 is 0 Å². The van der Waals surface area contributed by atoms with Gasteiger partial charge in [-0.3, -0.25) is 15.6 Å². The van der Waals surface area contributed by atoms with Crippen molar-refractivity contribution in [2.45, 2.75) is 6.18 Å². The van der Waals surface area contributed by atoms with Gasteiger partial charge in [0, 0.05) is 25.3 Å². The van der Waals surface area contributed by atoms with Gasteiger partial charge >= 0.3 is 6.18 Å². The molecular formula is C17H15F3N4O. The Morgan fingerprint density at radius 2 is 1.76 bits per heavy atom. The Morgan fingerprint density at radius 3 is 2.28 bits per heavy atom. The minimum Gasteiger partial charge on any atom is -0.378 e. The van der Waals surface area contributed by atoms with Gasteiger partial charge in [0.15, 0.2) is 0 Å². The van der Waals surface area contributed by atoms with Gasteiger partial charge in [0.1, 0.15) is 0 Å². The summed E-state index contributed by atoms with van der Waals surface area (Å²) in [4.78, 5) is 13.9. The Kier molecular flexibility index (Phi) is 5.17. The molecule has 2 rings (SSSR count). The highest BCUT2D eigenvalue weighted by molar-refractivity contribution is 5.95. The van der Waals surface area contributed by atoms with Crippen molar-refractivity contribution in [2.75, 3.05) is 24.4 Å². The van der Waals surface area contributed by atoms with E-state index < -0.39 is 17.6 Å². The average molecular weight is 348 g/mol. The fourth-order valence-electron chi connectivity index (χ4n) is 2.06. The molecule has 0 aromatic heterocycles. The molecule has 0 radical (unpaired) electrons. The number of halogens is 3. The molecule has 0 fully saturated rings. The van der Waals surface area contributed by atoms with Gasteiger partial charge in [-0.1, -0.05) is 0 Å². The van der Waals surface area contributed by atoms with Crippen molar-refractivity contribution < 1.29 is 18.0 Å². The van der Waals surface area contributed by atoms with Crippen molar-refractivity contribution in [3.8, 4) is 6.07 Å². The number of carbonyl (C=O) groups is 1. The summed E-state index contributed by atoms with van der Waals surface area (Å²) in [6.45, 7) is 0. The van der Waals surface area contributed by atoms with Crippen LogP contribution in [-0.4, -0.2) is 20.0 Å². The van der Waals surface area contributed by atoms with Crippen molar-refractivity contribution in [1.29, 1.82) is 5.26 Å². The summed E-state index contributed by atoms with van der Waals surface area (Å²) in [5.74, 6) is -0.581. The first kappa shape index (κ1) is 18.1. The number of amides is 1. The summed E-state index contributed by atoms with van der Waals surface area (Å²) in [7, 11) is 3.69. The topological polar surface area (TPSA) is 68.2 Å². The molecule has 25 heavy (non-hydrogen) atoms. The molecular weight excluding hydrogens is 333 g/mol. The van der Waals surface area contributed by atoms with Gasteiger partial charge in [0.25, 0.3) is 5.91 Å². The van der Waals surface area contributed by atoms with Gasteiger partial charge in [0.05, 0.1) is 22.9 Å². The number of anilines is 2. The van der Waals surface area contributed by atoms with Crippen molar-refractivity contribution in [2.24, 2.45) is 0 Å². The number of nitrogens with one attached hydrogen (secondary N) is 2. The number of nitriles is 1. The van der Waals surface area contributed by atoms with Crippen molar-refractivity contribution in [3.05, 3.63) is 59.2 Å². The Hall–Kier alpha value is -3.21. The van der Waals surface area contributed by atoms with Crippen LogP contribution in [0.2, 0.25) is 0 Å². The summed E-state index contributed by atoms with van der Waals surface area (Å²) in [5, 5.41) is 8.74. The minimum absolute atomic E-state index is 0.122. The molecule has 0 spiro atoms. The number of hydrazine groups is 1. The maximum Gasteiger partial charge on any atom is 0.418 e. The summed E-state index contributed by atoms with van der Waals surface area (Å²) < 4.78 is 39.2. The van der Waals surface area contributed by atoms with Gasteiger partial charge in [-0.15, -0.1) is 0 Å². The zero-order valence-electron chi connectivity index (χ0n) is 13.5. The number of benzene rings is 2. The van der Waals surface area contributed by atoms with E-state index in [2.05, 4.69) is 10.9 Å². The Bertz CT molecular complexity index is 808. The third kappa shape index (κ3) is 4.41. The third-order valence-corrected chi connectivity index (χ3v) is 3.41. The van der Waals surface area contributed by atoms with Gasteiger partial charge in [-0.05, 0) is 42.5 Å². The molecule has 2 aromatic carbocycles. The first-order valence-corrected chi connectivity index (χ1v) is 7.17. The third-order valence-electron chi connectivity index (χ3n) is 3.41. The van der Waals surface area contributed by atoms with E-state index in [-0.39, 0.29) is 11.3 Å². The highest BCUT2D eigenvalue weighted by Gasteiger charge is 2.34. The first-order valence-electron chi connectivity index (χ1n) is 7.17. The highest BCUT2D eigenvalue weighted by Crippen LogP contribution is 2.35. The van der Waals surface area contributed by atoms with Crippen LogP contribution in [0.15, 0.2) is 42.5 Å². The molecule has 1 amide bonds. The Morgan fingerprint density at radius 1 is 1.12 bits per heavy atom. The van der Waals surface area contributed by atoms with Crippen molar-refractivity contribution in [1.82, 2.24) is 5.43 Å². The molecule has 0 heterocycles. The summed E-state index contributed by atoms with van der Waals surface area (Å²) in [6, 6.07) is 11.3. The van der Waals surface area contributed by atoms with Crippen LogP contribution < -0.4 is 15.8 Å². The highest BCUT2D eigenvalue weighted by atomic mass is 19.4. The van der Waals surface area contributed by atoms with Crippen LogP contribution in [0.4, 0.5) is 24.5 Å². The van der Waals surface area contributed by atoms with Crippen LogP contribution in [0.3, 0.4) is 0 Å². The van der Waals surface area contributed by atoms with Crippen molar-refractivity contribution >= 4 is 17.3 Å². The second-order valence-electron chi connectivity index (χ2n) is 5.39. The number of alkyl halides is 3. The second kappa shape index (κ2) is 7.13. The molecule has 2 N–H and O–H groups in total. The second-order valence-corrected chi connectivity index (χ2v) is 5.39. The average Bonchev–Trinajstić information content (AvgIpc) is 2.58. The quantitative estimate of drug-likeness (QED) is 0.831. The van der Waals surface area contributed by atoms with Crippen LogP contribution in [-0.2, 0) is 6.18 Å². The number of carbonyl (C=O) groups excluding carboxylic acids is 1. The van der Waals surface area contributed by atoms with E-state index in [9.17, 15) is 18.0 Å². The predicted octanol–water partition coefficient (Wildman–Crippen LogP) is 3.40. The smallest absolute Gasteiger partial charge is 0.378 e. The van der Waals surface area contributed by atoms with E-state index in [1.54, 1.807) is 30.3 Å². The SMILES string of the molecule is CN(C)c1ccc(C(=O)NNc2ccc(C#N)cc2C(F)(F)F)cc1. The van der Waals surface area contributed by atoms with Gasteiger partial charge in [-0.25, -0.2) is 0 Å². The minimum atomic E-state index is -4.66. The van der Waals surface area contributed by atoms with E-state index in [4.69, 9.17) is 5.26 Å². The molecule has 0 saturated carbocycles. The fraction of sp³-hybridized carbons (Fsp3) is 0.176. The van der Waals surface area contributed by atoms with Gasteiger partial charge in [-0.2, -0.15) is 18.4 Å². The Balaban J connectivity index is 2.15. The molecule has 0 aliphatic rings. The van der Waals surface area contributed by atoms with Crippen LogP contribution in [0.1, 0.15) is 21.5 Å². The molecule has 0 aliphatic heterocycles. The normalized spacial score (nSPS) is 10.7. The number of hydrogen-bond acceptors (Lipinski definition) is 4. The van der Waals surface area contributed by atoms with Gasteiger partial charge in [0.2, 0.25) is 0 Å². The lowest BCUT2D eigenvalue weighted by molar-refractivity contribution is -0.137. The summed E-state index contributed by atoms with van der Waals surface area (Å²) >= 11 is 0. The summed E-state index contributed by atoms with van der Waals surface area (Å²) in [5.41, 5.74) is 4.18. The molecule has 0 saturated heterocycles. The van der Waals surface area contributed by atoms with Crippen LogP contribution in [0, 0.1) is 11.3 Å². The predicted molar refractivity (Wildman–Crippen MR) is 88.0 cm³/mol. The number of nitrogens with zero attached hydrogens (tertiary/aromatic N) is 2. The lowest BCUT2D eigenvalue weighted by Crippen LogP contribution is -2.30. The van der Waals surface area contributed by atoms with Gasteiger partial charge < -0.3 is 4.90 Å². The molecule has 2 aromatic rings. The number of rotatable bonds is 4. The molecule has 0 bridgehead atoms. The zero-order chi connectivity index (χ0) is 18.6. The molecule has 5 nitrogen and oxygen atoms in total. The molecule has 0 unspecified atom stereocenters. The van der Waals surface area contributed by atoms with Crippen LogP contribution in [0.5, 0.6) is 0 Å². The first-order chi connectivity index (χ1) is 11.7. The van der Waals surface area contributed by atoms with E-state index in [1.807, 2.05) is 19.0 Å². The largest absolute Gasteiger partial charge is 0.418 e. The molecule has 130 valence electrons. The molecule has 0 atom stereocenters. The zero-order valence-corrected chi connectivity index (χ0v) is 13.5. The lowest BCUT2D eigenvalue weighted by Gasteiger charge is -2.16. The molecule has 8 heteroatoms. The van der Waals surface area contributed by atoms with E-state index in [0.29, 0.717) is 5.56 Å². The summed E-state index contributed by atoms with van der Waals surface area (Å²) in [6.07, 6.45) is -4.66. The standard InChI is InChI=1S/C17H15F3N4O/c1-24(2)13-6-4-12(5-7-13)16(25)23-22-15-8-3-11(10-21)9-14(15)17(18,19)20/h3-9,22H,1-2H3,(H,23,25). The lowest BCUT2D eigenvalue weighted by atomic mass is 10.1. The monoisotopic (exact) mass is 348 g/mol. The van der Waals surface area contributed by atoms with E-state index in [0.717, 1.165) is 17.8 Å². The maximum absolute atomic E-state index is 13.1.